The molecule has 2 rings (SSSR count). The standard InChI is InChI=1S/C11H10ClN3O2/c1-8-13-4-5-14(8)7-9-6-10(12)2-3-11(9)15(16)17/h2-6H,7H2,1H3. The minimum Gasteiger partial charge on any atom is -0.330 e. The molecule has 0 N–H and O–H groups in total. The van der Waals surface area contributed by atoms with Gasteiger partial charge in [0.15, 0.2) is 0 Å². The lowest BCUT2D eigenvalue weighted by Gasteiger charge is -2.06. The van der Waals surface area contributed by atoms with Crippen LogP contribution < -0.4 is 0 Å². The molecule has 6 heteroatoms. The van der Waals surface area contributed by atoms with E-state index in [0.29, 0.717) is 17.1 Å². The number of nitrogens with zero attached hydrogens (tertiary/aromatic N) is 3. The average Bonchev–Trinajstić information content (AvgIpc) is 2.64. The van der Waals surface area contributed by atoms with Gasteiger partial charge in [0.1, 0.15) is 5.82 Å². The van der Waals surface area contributed by atoms with Crippen LogP contribution in [0.25, 0.3) is 0 Å². The molecule has 2 aromatic rings. The molecular formula is C11H10ClN3O2. The van der Waals surface area contributed by atoms with Crippen molar-refractivity contribution in [1.29, 1.82) is 0 Å². The topological polar surface area (TPSA) is 61.0 Å². The van der Waals surface area contributed by atoms with Crippen molar-refractivity contribution in [3.05, 3.63) is 57.1 Å². The van der Waals surface area contributed by atoms with Gasteiger partial charge in [0.2, 0.25) is 0 Å². The summed E-state index contributed by atoms with van der Waals surface area (Å²) in [5.74, 6) is 0.805. The van der Waals surface area contributed by atoms with Gasteiger partial charge in [-0.25, -0.2) is 4.98 Å². The smallest absolute Gasteiger partial charge is 0.274 e. The van der Waals surface area contributed by atoms with Crippen LogP contribution in [0.2, 0.25) is 5.02 Å². The van der Waals surface area contributed by atoms with Crippen molar-refractivity contribution in [3.8, 4) is 0 Å². The fourth-order valence-electron chi connectivity index (χ4n) is 1.61. The summed E-state index contributed by atoms with van der Waals surface area (Å²) in [4.78, 5) is 14.5. The Morgan fingerprint density at radius 3 is 2.88 bits per heavy atom. The summed E-state index contributed by atoms with van der Waals surface area (Å²) in [5, 5.41) is 11.4. The lowest BCUT2D eigenvalue weighted by Crippen LogP contribution is -2.04. The molecule has 0 spiro atoms. The molecule has 17 heavy (non-hydrogen) atoms. The zero-order valence-electron chi connectivity index (χ0n) is 9.13. The maximum Gasteiger partial charge on any atom is 0.274 e. The predicted molar refractivity (Wildman–Crippen MR) is 64.2 cm³/mol. The fourth-order valence-corrected chi connectivity index (χ4v) is 1.81. The van der Waals surface area contributed by atoms with Crippen LogP contribution in [0.15, 0.2) is 30.6 Å². The summed E-state index contributed by atoms with van der Waals surface area (Å²) in [7, 11) is 0. The summed E-state index contributed by atoms with van der Waals surface area (Å²) in [6.07, 6.45) is 3.44. The van der Waals surface area contributed by atoms with Gasteiger partial charge in [-0.05, 0) is 19.1 Å². The first-order valence-electron chi connectivity index (χ1n) is 4.98. The lowest BCUT2D eigenvalue weighted by molar-refractivity contribution is -0.385. The third-order valence-corrected chi connectivity index (χ3v) is 2.74. The van der Waals surface area contributed by atoms with E-state index in [0.717, 1.165) is 5.82 Å². The number of nitro benzene ring substituents is 1. The molecule has 0 amide bonds. The highest BCUT2D eigenvalue weighted by atomic mass is 35.5. The molecule has 5 nitrogen and oxygen atoms in total. The maximum atomic E-state index is 10.9. The molecule has 1 aromatic heterocycles. The average molecular weight is 252 g/mol. The molecule has 0 aliphatic rings. The predicted octanol–water partition coefficient (Wildman–Crippen LogP) is 2.80. The molecule has 0 fully saturated rings. The van der Waals surface area contributed by atoms with Crippen molar-refractivity contribution >= 4 is 17.3 Å². The molecule has 0 saturated heterocycles. The number of nitro groups is 1. The number of aromatic nitrogens is 2. The molecule has 0 aliphatic heterocycles. The first kappa shape index (κ1) is 11.6. The van der Waals surface area contributed by atoms with Gasteiger partial charge in [-0.15, -0.1) is 0 Å². The number of rotatable bonds is 3. The Labute approximate surface area is 103 Å². The second kappa shape index (κ2) is 4.55. The van der Waals surface area contributed by atoms with Gasteiger partial charge in [0.25, 0.3) is 5.69 Å². The number of hydrogen-bond donors (Lipinski definition) is 0. The molecule has 0 aliphatic carbocycles. The monoisotopic (exact) mass is 251 g/mol. The Hall–Kier alpha value is -1.88. The van der Waals surface area contributed by atoms with E-state index in [1.54, 1.807) is 18.5 Å². The van der Waals surface area contributed by atoms with E-state index in [4.69, 9.17) is 11.6 Å². The van der Waals surface area contributed by atoms with Crippen LogP contribution in [-0.2, 0) is 6.54 Å². The van der Waals surface area contributed by atoms with Gasteiger partial charge in [-0.3, -0.25) is 10.1 Å². The van der Waals surface area contributed by atoms with Crippen molar-refractivity contribution < 1.29 is 4.92 Å². The van der Waals surface area contributed by atoms with Gasteiger partial charge in [-0.2, -0.15) is 0 Å². The van der Waals surface area contributed by atoms with E-state index in [2.05, 4.69) is 4.98 Å². The normalized spacial score (nSPS) is 10.5. The first-order chi connectivity index (χ1) is 8.08. The zero-order chi connectivity index (χ0) is 12.4. The summed E-state index contributed by atoms with van der Waals surface area (Å²) in [6, 6.07) is 4.55. The van der Waals surface area contributed by atoms with Crippen LogP contribution in [0.5, 0.6) is 0 Å². The Morgan fingerprint density at radius 1 is 1.53 bits per heavy atom. The third-order valence-electron chi connectivity index (χ3n) is 2.50. The largest absolute Gasteiger partial charge is 0.330 e. The quantitative estimate of drug-likeness (QED) is 0.622. The summed E-state index contributed by atoms with van der Waals surface area (Å²) < 4.78 is 1.83. The molecule has 1 heterocycles. The fraction of sp³-hybridized carbons (Fsp3) is 0.182. The van der Waals surface area contributed by atoms with Gasteiger partial charge < -0.3 is 4.57 Å². The maximum absolute atomic E-state index is 10.9. The number of aryl methyl sites for hydroxylation is 1. The second-order valence-electron chi connectivity index (χ2n) is 3.63. The highest BCUT2D eigenvalue weighted by molar-refractivity contribution is 6.30. The summed E-state index contributed by atoms with van der Waals surface area (Å²) in [5.41, 5.74) is 0.645. The Morgan fingerprint density at radius 2 is 2.29 bits per heavy atom. The number of hydrogen-bond acceptors (Lipinski definition) is 3. The number of halogens is 1. The minimum absolute atomic E-state index is 0.0718. The van der Waals surface area contributed by atoms with E-state index in [1.165, 1.54) is 12.1 Å². The molecule has 88 valence electrons. The molecule has 0 bridgehead atoms. The van der Waals surface area contributed by atoms with E-state index in [9.17, 15) is 10.1 Å². The van der Waals surface area contributed by atoms with Crippen LogP contribution in [0.3, 0.4) is 0 Å². The van der Waals surface area contributed by atoms with Crippen LogP contribution in [0.4, 0.5) is 5.69 Å². The first-order valence-corrected chi connectivity index (χ1v) is 5.36. The minimum atomic E-state index is -0.405. The van der Waals surface area contributed by atoms with Crippen molar-refractivity contribution in [2.24, 2.45) is 0 Å². The van der Waals surface area contributed by atoms with Crippen molar-refractivity contribution in [3.63, 3.8) is 0 Å². The zero-order valence-corrected chi connectivity index (χ0v) is 9.89. The van der Waals surface area contributed by atoms with Gasteiger partial charge >= 0.3 is 0 Å². The van der Waals surface area contributed by atoms with Crippen molar-refractivity contribution in [1.82, 2.24) is 9.55 Å². The third kappa shape index (κ3) is 2.45. The molecule has 0 atom stereocenters. The lowest BCUT2D eigenvalue weighted by atomic mass is 10.2. The number of imidazole rings is 1. The molecule has 0 radical (unpaired) electrons. The van der Waals surface area contributed by atoms with E-state index in [1.807, 2.05) is 11.5 Å². The second-order valence-corrected chi connectivity index (χ2v) is 4.07. The van der Waals surface area contributed by atoms with Crippen molar-refractivity contribution in [2.75, 3.05) is 0 Å². The summed E-state index contributed by atoms with van der Waals surface area (Å²) in [6.45, 7) is 2.24. The van der Waals surface area contributed by atoms with Crippen molar-refractivity contribution in [2.45, 2.75) is 13.5 Å². The Balaban J connectivity index is 2.41. The number of benzene rings is 1. The Kier molecular flexibility index (Phi) is 3.10. The molecule has 1 aromatic carbocycles. The van der Waals surface area contributed by atoms with E-state index >= 15 is 0 Å². The van der Waals surface area contributed by atoms with E-state index < -0.39 is 4.92 Å². The van der Waals surface area contributed by atoms with E-state index in [-0.39, 0.29) is 5.69 Å². The molecule has 0 saturated carbocycles. The van der Waals surface area contributed by atoms with Gasteiger partial charge in [-0.1, -0.05) is 11.6 Å². The molecule has 0 unspecified atom stereocenters. The SMILES string of the molecule is Cc1nccn1Cc1cc(Cl)ccc1[N+](=O)[O-]. The van der Waals surface area contributed by atoms with Crippen LogP contribution in [-0.4, -0.2) is 14.5 Å². The highest BCUT2D eigenvalue weighted by Crippen LogP contribution is 2.23. The van der Waals surface area contributed by atoms with Crippen LogP contribution in [0.1, 0.15) is 11.4 Å². The highest BCUT2D eigenvalue weighted by Gasteiger charge is 2.14. The van der Waals surface area contributed by atoms with Gasteiger partial charge in [0.05, 0.1) is 17.0 Å². The molecular weight excluding hydrogens is 242 g/mol. The van der Waals surface area contributed by atoms with Crippen LogP contribution in [0, 0.1) is 17.0 Å². The Bertz CT molecular complexity index is 566. The summed E-state index contributed by atoms with van der Waals surface area (Å²) >= 11 is 5.85. The van der Waals surface area contributed by atoms with Crippen LogP contribution >= 0.6 is 11.6 Å². The van der Waals surface area contributed by atoms with Gasteiger partial charge in [0, 0.05) is 23.5 Å².